The molecule has 3 aromatic carbocycles. The number of carboxylic acids is 1. The lowest BCUT2D eigenvalue weighted by Crippen LogP contribution is -2.33. The monoisotopic (exact) mass is 527 g/mol. The SMILES string of the molecule is CC(C)c1ccc(C[C@@]2(C)Cc3cc(C(=O)N(CCC(=O)O)Cc4ccc(C(C)(C)C)cc4)ccc3O2)cc1. The molecule has 0 unspecified atom stereocenters. The molecule has 0 aliphatic carbocycles. The van der Waals surface area contributed by atoms with Crippen molar-refractivity contribution < 1.29 is 19.4 Å². The fourth-order valence-corrected chi connectivity index (χ4v) is 5.20. The van der Waals surface area contributed by atoms with E-state index in [4.69, 9.17) is 4.74 Å². The fraction of sp³-hybridized carbons (Fsp3) is 0.412. The molecule has 0 spiro atoms. The van der Waals surface area contributed by atoms with Gasteiger partial charge in [0.1, 0.15) is 11.4 Å². The maximum atomic E-state index is 13.6. The topological polar surface area (TPSA) is 66.8 Å². The quantitative estimate of drug-likeness (QED) is 0.321. The summed E-state index contributed by atoms with van der Waals surface area (Å²) in [5, 5.41) is 9.30. The molecule has 1 amide bonds. The van der Waals surface area contributed by atoms with Crippen LogP contribution in [0.2, 0.25) is 0 Å². The number of fused-ring (bicyclic) bond motifs is 1. The highest BCUT2D eigenvalue weighted by Crippen LogP contribution is 2.38. The van der Waals surface area contributed by atoms with Gasteiger partial charge in [0.2, 0.25) is 0 Å². The zero-order valence-corrected chi connectivity index (χ0v) is 24.1. The minimum Gasteiger partial charge on any atom is -0.487 e. The first-order valence-corrected chi connectivity index (χ1v) is 13.8. The molecule has 0 aromatic heterocycles. The third kappa shape index (κ3) is 7.08. The Labute approximate surface area is 232 Å². The van der Waals surface area contributed by atoms with Gasteiger partial charge in [-0.05, 0) is 64.3 Å². The number of carboxylic acid groups (broad SMARTS) is 1. The number of carbonyl (C=O) groups excluding carboxylic acids is 1. The highest BCUT2D eigenvalue weighted by atomic mass is 16.5. The summed E-state index contributed by atoms with van der Waals surface area (Å²) in [5.74, 6) is 0.213. The molecule has 3 aromatic rings. The van der Waals surface area contributed by atoms with Gasteiger partial charge in [0, 0.05) is 31.5 Å². The third-order valence-corrected chi connectivity index (χ3v) is 7.53. The second-order valence-corrected chi connectivity index (χ2v) is 12.4. The Bertz CT molecular complexity index is 1320. The number of rotatable bonds is 9. The van der Waals surface area contributed by atoms with Crippen LogP contribution in [-0.2, 0) is 29.6 Å². The van der Waals surface area contributed by atoms with Crippen molar-refractivity contribution in [2.24, 2.45) is 0 Å². The summed E-state index contributed by atoms with van der Waals surface area (Å²) in [6, 6.07) is 22.5. The molecule has 4 rings (SSSR count). The van der Waals surface area contributed by atoms with Crippen LogP contribution in [0.1, 0.15) is 92.1 Å². The summed E-state index contributed by atoms with van der Waals surface area (Å²) in [5.41, 5.74) is 5.95. The average Bonchev–Trinajstić information content (AvgIpc) is 3.20. The predicted octanol–water partition coefficient (Wildman–Crippen LogP) is 7.16. The van der Waals surface area contributed by atoms with E-state index < -0.39 is 5.97 Å². The van der Waals surface area contributed by atoms with Crippen molar-refractivity contribution in [3.63, 3.8) is 0 Å². The van der Waals surface area contributed by atoms with E-state index in [1.54, 1.807) is 11.0 Å². The van der Waals surface area contributed by atoms with Crippen LogP contribution in [0.4, 0.5) is 0 Å². The first-order chi connectivity index (χ1) is 18.3. The normalized spacial score (nSPS) is 16.6. The Hall–Kier alpha value is -3.60. The number of carbonyl (C=O) groups is 2. The van der Waals surface area contributed by atoms with E-state index in [1.807, 2.05) is 24.3 Å². The summed E-state index contributed by atoms with van der Waals surface area (Å²) in [7, 11) is 0. The van der Waals surface area contributed by atoms with E-state index in [0.29, 0.717) is 24.4 Å². The molecule has 1 aliphatic heterocycles. The third-order valence-electron chi connectivity index (χ3n) is 7.53. The molecule has 0 radical (unpaired) electrons. The van der Waals surface area contributed by atoms with Gasteiger partial charge in [-0.2, -0.15) is 0 Å². The van der Waals surface area contributed by atoms with Gasteiger partial charge in [0.05, 0.1) is 6.42 Å². The van der Waals surface area contributed by atoms with Crippen LogP contribution in [0.25, 0.3) is 0 Å². The van der Waals surface area contributed by atoms with E-state index in [0.717, 1.165) is 23.3 Å². The van der Waals surface area contributed by atoms with Crippen LogP contribution in [-0.4, -0.2) is 34.0 Å². The maximum absolute atomic E-state index is 13.6. The first kappa shape index (κ1) is 28.4. The Kier molecular flexibility index (Phi) is 8.20. The van der Waals surface area contributed by atoms with Crippen molar-refractivity contribution in [1.82, 2.24) is 4.90 Å². The number of nitrogens with zero attached hydrogens (tertiary/aromatic N) is 1. The van der Waals surface area contributed by atoms with Gasteiger partial charge in [-0.3, -0.25) is 9.59 Å². The second-order valence-electron chi connectivity index (χ2n) is 12.4. The van der Waals surface area contributed by atoms with Gasteiger partial charge >= 0.3 is 5.97 Å². The van der Waals surface area contributed by atoms with Gasteiger partial charge in [-0.15, -0.1) is 0 Å². The molecule has 1 N–H and O–H groups in total. The molecule has 5 nitrogen and oxygen atoms in total. The number of aliphatic carboxylic acids is 1. The summed E-state index contributed by atoms with van der Waals surface area (Å²) in [6.07, 6.45) is 1.38. The molecule has 0 fully saturated rings. The van der Waals surface area contributed by atoms with E-state index in [1.165, 1.54) is 16.7 Å². The Morgan fingerprint density at radius 1 is 0.974 bits per heavy atom. The molecule has 0 saturated carbocycles. The summed E-state index contributed by atoms with van der Waals surface area (Å²) in [6.45, 7) is 13.5. The zero-order chi connectivity index (χ0) is 28.4. The lowest BCUT2D eigenvalue weighted by Gasteiger charge is -2.24. The lowest BCUT2D eigenvalue weighted by molar-refractivity contribution is -0.137. The second kappa shape index (κ2) is 11.3. The first-order valence-electron chi connectivity index (χ1n) is 13.8. The van der Waals surface area contributed by atoms with Gasteiger partial charge in [-0.1, -0.05) is 83.1 Å². The van der Waals surface area contributed by atoms with Gasteiger partial charge in [-0.25, -0.2) is 0 Å². The smallest absolute Gasteiger partial charge is 0.305 e. The number of ether oxygens (including phenoxy) is 1. The van der Waals surface area contributed by atoms with Crippen LogP contribution in [0.5, 0.6) is 5.75 Å². The minimum atomic E-state index is -0.921. The van der Waals surface area contributed by atoms with Crippen LogP contribution < -0.4 is 4.74 Å². The standard InChI is InChI=1S/C34H41NO4/c1-23(2)26-11-7-24(8-12-26)20-34(6)21-28-19-27(13-16-30(28)39-34)32(38)35(18-17-31(36)37)22-25-9-14-29(15-10-25)33(3,4)5/h7-16,19,23H,17-18,20-22H2,1-6H3,(H,36,37)/t34-/m0/s1. The maximum Gasteiger partial charge on any atom is 0.305 e. The highest BCUT2D eigenvalue weighted by Gasteiger charge is 2.35. The Balaban J connectivity index is 1.50. The summed E-state index contributed by atoms with van der Waals surface area (Å²) < 4.78 is 6.38. The number of hydrogen-bond acceptors (Lipinski definition) is 3. The van der Waals surface area contributed by atoms with E-state index in [2.05, 4.69) is 77.9 Å². The highest BCUT2D eigenvalue weighted by molar-refractivity contribution is 5.95. The van der Waals surface area contributed by atoms with Crippen molar-refractivity contribution >= 4 is 11.9 Å². The van der Waals surface area contributed by atoms with Crippen LogP contribution in [0, 0.1) is 0 Å². The van der Waals surface area contributed by atoms with Crippen LogP contribution in [0.15, 0.2) is 66.7 Å². The number of benzene rings is 3. The number of hydrogen-bond donors (Lipinski definition) is 1. The molecule has 1 heterocycles. The van der Waals surface area contributed by atoms with Crippen molar-refractivity contribution in [3.8, 4) is 5.75 Å². The average molecular weight is 528 g/mol. The van der Waals surface area contributed by atoms with Gasteiger partial charge in [0.15, 0.2) is 0 Å². The zero-order valence-electron chi connectivity index (χ0n) is 24.1. The van der Waals surface area contributed by atoms with E-state index in [-0.39, 0.29) is 29.9 Å². The molecule has 0 saturated heterocycles. The predicted molar refractivity (Wildman–Crippen MR) is 156 cm³/mol. The largest absolute Gasteiger partial charge is 0.487 e. The molecule has 206 valence electrons. The lowest BCUT2D eigenvalue weighted by atomic mass is 9.87. The van der Waals surface area contributed by atoms with E-state index in [9.17, 15) is 14.7 Å². The van der Waals surface area contributed by atoms with Crippen molar-refractivity contribution in [3.05, 3.63) is 100 Å². The fourth-order valence-electron chi connectivity index (χ4n) is 5.20. The van der Waals surface area contributed by atoms with E-state index >= 15 is 0 Å². The van der Waals surface area contributed by atoms with Gasteiger partial charge < -0.3 is 14.7 Å². The van der Waals surface area contributed by atoms with Gasteiger partial charge in [0.25, 0.3) is 5.91 Å². The number of amides is 1. The molecule has 39 heavy (non-hydrogen) atoms. The molecule has 1 aliphatic rings. The molecular weight excluding hydrogens is 486 g/mol. The molecule has 5 heteroatoms. The summed E-state index contributed by atoms with van der Waals surface area (Å²) in [4.78, 5) is 26.6. The molecule has 1 atom stereocenters. The van der Waals surface area contributed by atoms with Crippen LogP contribution >= 0.6 is 0 Å². The summed E-state index contributed by atoms with van der Waals surface area (Å²) >= 11 is 0. The van der Waals surface area contributed by atoms with Crippen molar-refractivity contribution in [1.29, 1.82) is 0 Å². The molecular formula is C34H41NO4. The molecule has 0 bridgehead atoms. The Morgan fingerprint density at radius 3 is 2.21 bits per heavy atom. The van der Waals surface area contributed by atoms with Crippen molar-refractivity contribution in [2.75, 3.05) is 6.54 Å². The minimum absolute atomic E-state index is 0.0376. The van der Waals surface area contributed by atoms with Crippen molar-refractivity contribution in [2.45, 2.75) is 84.3 Å². The Morgan fingerprint density at radius 2 is 1.62 bits per heavy atom. The van der Waals surface area contributed by atoms with Crippen LogP contribution in [0.3, 0.4) is 0 Å².